The number of anilines is 2. The molecule has 38 heavy (non-hydrogen) atoms. The number of nitrogens with two attached hydrogens (primary N) is 1. The van der Waals surface area contributed by atoms with Gasteiger partial charge in [-0.3, -0.25) is 14.5 Å². The summed E-state index contributed by atoms with van der Waals surface area (Å²) in [6.45, 7) is 1.98. The number of allylic oxidation sites excluding steroid dienone is 3. The summed E-state index contributed by atoms with van der Waals surface area (Å²) < 4.78 is 1.38. The first-order valence-corrected chi connectivity index (χ1v) is 14.5. The number of nitrogens with zero attached hydrogens (tertiary/aromatic N) is 4. The lowest BCUT2D eigenvalue weighted by Gasteiger charge is -2.38. The molecule has 2 aliphatic rings. The Morgan fingerprint density at radius 1 is 1.26 bits per heavy atom. The predicted octanol–water partition coefficient (Wildman–Crippen LogP) is 5.64. The molecule has 2 aromatic carbocycles. The molecule has 0 saturated heterocycles. The SMILES string of the molecule is Cc1cccc(C2C(C#N)=C(N)N(c3nnc(SCC(=O)Nc4ccccc4Br)s3)C3=C2C(=O)CCC3)c1. The van der Waals surface area contributed by atoms with Crippen LogP contribution in [0.4, 0.5) is 10.8 Å². The average Bonchev–Trinajstić information content (AvgIpc) is 3.37. The summed E-state index contributed by atoms with van der Waals surface area (Å²) >= 11 is 5.96. The second-order valence-corrected chi connectivity index (χ2v) is 11.9. The second-order valence-electron chi connectivity index (χ2n) is 8.90. The van der Waals surface area contributed by atoms with E-state index >= 15 is 0 Å². The number of thioether (sulfide) groups is 1. The largest absolute Gasteiger partial charge is 0.384 e. The number of hydrogen-bond acceptors (Lipinski definition) is 9. The molecule has 1 unspecified atom stereocenters. The standard InChI is InChI=1S/C27H23BrN6O2S2/c1-15-6-4-7-16(12-15)23-17(13-29)25(30)34(20-10-5-11-21(35)24(20)23)26-32-33-27(38-26)37-14-22(36)31-19-9-3-2-8-18(19)28/h2-4,6-9,12,23H,5,10-11,14,30H2,1H3,(H,31,36). The highest BCUT2D eigenvalue weighted by atomic mass is 79.9. The van der Waals surface area contributed by atoms with Gasteiger partial charge in [-0.15, -0.1) is 10.2 Å². The topological polar surface area (TPSA) is 125 Å². The summed E-state index contributed by atoms with van der Waals surface area (Å²) in [5.41, 5.74) is 10.9. The molecule has 0 radical (unpaired) electrons. The molecule has 1 aliphatic carbocycles. The lowest BCUT2D eigenvalue weighted by Crippen LogP contribution is -2.38. The van der Waals surface area contributed by atoms with Crippen molar-refractivity contribution < 1.29 is 9.59 Å². The van der Waals surface area contributed by atoms with Crippen LogP contribution < -0.4 is 16.0 Å². The van der Waals surface area contributed by atoms with Crippen LogP contribution in [-0.2, 0) is 9.59 Å². The Morgan fingerprint density at radius 2 is 2.08 bits per heavy atom. The van der Waals surface area contributed by atoms with Gasteiger partial charge in [-0.25, -0.2) is 0 Å². The van der Waals surface area contributed by atoms with Crippen LogP contribution in [0, 0.1) is 18.3 Å². The Bertz CT molecular complexity index is 1540. The van der Waals surface area contributed by atoms with Crippen molar-refractivity contribution in [1.82, 2.24) is 10.2 Å². The molecule has 0 bridgehead atoms. The summed E-state index contributed by atoms with van der Waals surface area (Å²) in [7, 11) is 0. The minimum atomic E-state index is -0.512. The lowest BCUT2D eigenvalue weighted by molar-refractivity contribution is -0.116. The van der Waals surface area contributed by atoms with Gasteiger partial charge in [-0.1, -0.05) is 65.1 Å². The number of aromatic nitrogens is 2. The molecule has 11 heteroatoms. The van der Waals surface area contributed by atoms with E-state index in [9.17, 15) is 14.9 Å². The van der Waals surface area contributed by atoms with E-state index in [1.165, 1.54) is 23.1 Å². The fourth-order valence-electron chi connectivity index (χ4n) is 4.72. The summed E-state index contributed by atoms with van der Waals surface area (Å²) in [6.07, 6.45) is 1.76. The fourth-order valence-corrected chi connectivity index (χ4v) is 6.78. The molecule has 0 spiro atoms. The summed E-state index contributed by atoms with van der Waals surface area (Å²) in [6, 6.07) is 17.5. The first-order valence-electron chi connectivity index (χ1n) is 11.9. The van der Waals surface area contributed by atoms with E-state index in [1.807, 2.05) is 55.5 Å². The van der Waals surface area contributed by atoms with E-state index in [4.69, 9.17) is 5.73 Å². The summed E-state index contributed by atoms with van der Waals surface area (Å²) in [4.78, 5) is 27.4. The second kappa shape index (κ2) is 11.1. The van der Waals surface area contributed by atoms with Crippen molar-refractivity contribution in [2.75, 3.05) is 16.0 Å². The number of ketones is 1. The average molecular weight is 608 g/mol. The first-order chi connectivity index (χ1) is 18.4. The molecule has 5 rings (SSSR count). The number of amides is 1. The number of carbonyl (C=O) groups is 2. The van der Waals surface area contributed by atoms with Crippen LogP contribution in [0.5, 0.6) is 0 Å². The maximum Gasteiger partial charge on any atom is 0.234 e. The molecule has 1 aromatic heterocycles. The molecule has 8 nitrogen and oxygen atoms in total. The minimum Gasteiger partial charge on any atom is -0.384 e. The van der Waals surface area contributed by atoms with E-state index in [-0.39, 0.29) is 23.3 Å². The molecule has 0 saturated carbocycles. The van der Waals surface area contributed by atoms with E-state index in [0.29, 0.717) is 45.6 Å². The monoisotopic (exact) mass is 606 g/mol. The van der Waals surface area contributed by atoms with Gasteiger partial charge in [-0.2, -0.15) is 5.26 Å². The smallest absolute Gasteiger partial charge is 0.234 e. The van der Waals surface area contributed by atoms with Gasteiger partial charge >= 0.3 is 0 Å². The lowest BCUT2D eigenvalue weighted by atomic mass is 9.75. The van der Waals surface area contributed by atoms with Crippen molar-refractivity contribution in [3.63, 3.8) is 0 Å². The number of para-hydroxylation sites is 1. The van der Waals surface area contributed by atoms with Gasteiger partial charge in [0.1, 0.15) is 5.82 Å². The number of nitrogens with one attached hydrogen (secondary N) is 1. The van der Waals surface area contributed by atoms with Crippen LogP contribution in [-0.4, -0.2) is 27.6 Å². The number of rotatable bonds is 6. The van der Waals surface area contributed by atoms with Gasteiger partial charge in [0.15, 0.2) is 10.1 Å². The third-order valence-corrected chi connectivity index (χ3v) is 9.08. The molecule has 192 valence electrons. The van der Waals surface area contributed by atoms with E-state index in [1.54, 1.807) is 4.90 Å². The van der Waals surface area contributed by atoms with Crippen molar-refractivity contribution in [3.05, 3.63) is 86.8 Å². The first kappa shape index (κ1) is 26.2. The number of aryl methyl sites for hydroxylation is 1. The van der Waals surface area contributed by atoms with Crippen LogP contribution in [0.2, 0.25) is 0 Å². The summed E-state index contributed by atoms with van der Waals surface area (Å²) in [5.74, 6) is -0.266. The Labute approximate surface area is 236 Å². The zero-order chi connectivity index (χ0) is 26.8. The zero-order valence-corrected chi connectivity index (χ0v) is 23.6. The molecule has 2 heterocycles. The highest BCUT2D eigenvalue weighted by molar-refractivity contribution is 9.10. The van der Waals surface area contributed by atoms with Gasteiger partial charge in [0, 0.05) is 22.2 Å². The molecule has 0 fully saturated rings. The maximum atomic E-state index is 13.3. The van der Waals surface area contributed by atoms with Gasteiger partial charge in [-0.05, 0) is 53.4 Å². The molecular weight excluding hydrogens is 584 g/mol. The molecule has 1 atom stereocenters. The van der Waals surface area contributed by atoms with Gasteiger partial charge in [0.05, 0.1) is 29.0 Å². The van der Waals surface area contributed by atoms with Crippen LogP contribution in [0.25, 0.3) is 0 Å². The van der Waals surface area contributed by atoms with Crippen molar-refractivity contribution >= 4 is 61.5 Å². The van der Waals surface area contributed by atoms with Gasteiger partial charge in [0.25, 0.3) is 0 Å². The third kappa shape index (κ3) is 5.12. The highest BCUT2D eigenvalue weighted by Crippen LogP contribution is 2.47. The number of benzene rings is 2. The number of hydrogen-bond donors (Lipinski definition) is 2. The third-order valence-electron chi connectivity index (χ3n) is 6.35. The number of halogens is 1. The quantitative estimate of drug-likeness (QED) is 0.345. The Balaban J connectivity index is 1.43. The Kier molecular flexibility index (Phi) is 7.65. The van der Waals surface area contributed by atoms with Gasteiger partial charge < -0.3 is 11.1 Å². The predicted molar refractivity (Wildman–Crippen MR) is 153 cm³/mol. The molecule has 1 amide bonds. The van der Waals surface area contributed by atoms with Crippen LogP contribution in [0.15, 0.2) is 80.0 Å². The van der Waals surface area contributed by atoms with Crippen molar-refractivity contribution in [3.8, 4) is 6.07 Å². The minimum absolute atomic E-state index is 0.0193. The van der Waals surface area contributed by atoms with E-state index < -0.39 is 5.92 Å². The van der Waals surface area contributed by atoms with Crippen LogP contribution in [0.3, 0.4) is 0 Å². The van der Waals surface area contributed by atoms with Crippen molar-refractivity contribution in [2.24, 2.45) is 5.73 Å². The van der Waals surface area contributed by atoms with Crippen molar-refractivity contribution in [1.29, 1.82) is 5.26 Å². The van der Waals surface area contributed by atoms with E-state index in [2.05, 4.69) is 37.5 Å². The van der Waals surface area contributed by atoms with Crippen LogP contribution >= 0.6 is 39.0 Å². The summed E-state index contributed by atoms with van der Waals surface area (Å²) in [5, 5.41) is 22.1. The highest BCUT2D eigenvalue weighted by Gasteiger charge is 2.41. The zero-order valence-electron chi connectivity index (χ0n) is 20.4. The molecule has 3 N–H and O–H groups in total. The maximum absolute atomic E-state index is 13.3. The van der Waals surface area contributed by atoms with Crippen molar-refractivity contribution in [2.45, 2.75) is 36.4 Å². The van der Waals surface area contributed by atoms with Gasteiger partial charge in [0.2, 0.25) is 11.0 Å². The number of carbonyl (C=O) groups excluding carboxylic acids is 2. The van der Waals surface area contributed by atoms with Crippen LogP contribution in [0.1, 0.15) is 36.3 Å². The normalized spacial score (nSPS) is 17.3. The Morgan fingerprint density at radius 3 is 2.84 bits per heavy atom. The molecule has 1 aliphatic heterocycles. The molecular formula is C27H23BrN6O2S2. The van der Waals surface area contributed by atoms with E-state index in [0.717, 1.165) is 21.3 Å². The number of Topliss-reactive ketones (excluding diaryl/α,β-unsaturated/α-hetero) is 1. The molecule has 3 aromatic rings. The number of nitriles is 1. The fraction of sp³-hybridized carbons (Fsp3) is 0.222. The Hall–Kier alpha value is -3.46.